The van der Waals surface area contributed by atoms with Crippen LogP contribution in [0.2, 0.25) is 0 Å². The first-order chi connectivity index (χ1) is 9.49. The van der Waals surface area contributed by atoms with E-state index in [1.807, 2.05) is 0 Å². The predicted octanol–water partition coefficient (Wildman–Crippen LogP) is 3.00. The van der Waals surface area contributed by atoms with Crippen LogP contribution >= 0.6 is 0 Å². The Morgan fingerprint density at radius 3 is 2.25 bits per heavy atom. The van der Waals surface area contributed by atoms with Gasteiger partial charge in [0.1, 0.15) is 11.6 Å². The first-order valence-corrected chi connectivity index (χ1v) is 5.83. The van der Waals surface area contributed by atoms with Crippen LogP contribution in [0.25, 0.3) is 0 Å². The second kappa shape index (κ2) is 5.79. The van der Waals surface area contributed by atoms with Crippen LogP contribution in [-0.4, -0.2) is 4.98 Å². The summed E-state index contributed by atoms with van der Waals surface area (Å²) in [5, 5.41) is 3.01. The average Bonchev–Trinajstić information content (AvgIpc) is 2.45. The molecule has 1 heterocycles. The zero-order valence-electron chi connectivity index (χ0n) is 10.4. The molecule has 0 fully saturated rings. The number of alkyl halides is 3. The number of nitrogens with zero attached hydrogens (tertiary/aromatic N) is 1. The molecule has 106 valence electrons. The Labute approximate surface area is 113 Å². The highest BCUT2D eigenvalue weighted by Crippen LogP contribution is 2.29. The molecule has 4 N–H and O–H groups in total. The molecule has 0 aliphatic carbocycles. The highest BCUT2D eigenvalue weighted by molar-refractivity contribution is 5.44. The molecule has 0 spiro atoms. The summed E-state index contributed by atoms with van der Waals surface area (Å²) in [5.41, 5.74) is 2.48. The number of aromatic nitrogens is 1. The highest BCUT2D eigenvalue weighted by atomic mass is 19.4. The van der Waals surface area contributed by atoms with Crippen molar-refractivity contribution < 1.29 is 13.2 Å². The molecule has 20 heavy (non-hydrogen) atoms. The summed E-state index contributed by atoms with van der Waals surface area (Å²) in [6.45, 7) is 0.374. The third-order valence-corrected chi connectivity index (χ3v) is 2.65. The van der Waals surface area contributed by atoms with Gasteiger partial charge in [-0.1, -0.05) is 18.2 Å². The minimum atomic E-state index is -4.31. The fraction of sp³-hybridized carbons (Fsp3) is 0.154. The van der Waals surface area contributed by atoms with Crippen molar-refractivity contribution >= 4 is 11.6 Å². The number of nitrogen functional groups attached to an aromatic ring is 1. The molecule has 0 aliphatic rings. The number of nitrogens with one attached hydrogen (secondary N) is 2. The second-order valence-electron chi connectivity index (χ2n) is 4.10. The standard InChI is InChI=1S/C13H13F3N4/c14-13(15,16)10-6-4-9(5-7-10)8-18-11-2-1-3-12(19-11)20-17/h1-7H,8,17H2,(H2,18,19,20). The molecule has 0 aliphatic heterocycles. The van der Waals surface area contributed by atoms with Crippen molar-refractivity contribution in [2.75, 3.05) is 10.7 Å². The number of rotatable bonds is 4. The van der Waals surface area contributed by atoms with Crippen molar-refractivity contribution in [2.45, 2.75) is 12.7 Å². The first kappa shape index (κ1) is 14.1. The zero-order valence-corrected chi connectivity index (χ0v) is 10.4. The van der Waals surface area contributed by atoms with Crippen LogP contribution in [0.1, 0.15) is 11.1 Å². The van der Waals surface area contributed by atoms with E-state index in [2.05, 4.69) is 15.7 Å². The third kappa shape index (κ3) is 3.61. The highest BCUT2D eigenvalue weighted by Gasteiger charge is 2.29. The molecule has 0 amide bonds. The van der Waals surface area contributed by atoms with Crippen molar-refractivity contribution in [1.82, 2.24) is 4.98 Å². The van der Waals surface area contributed by atoms with Crippen molar-refractivity contribution in [3.8, 4) is 0 Å². The fourth-order valence-corrected chi connectivity index (χ4v) is 1.62. The normalized spacial score (nSPS) is 11.2. The average molecular weight is 282 g/mol. The Morgan fingerprint density at radius 1 is 1.00 bits per heavy atom. The SMILES string of the molecule is NNc1cccc(NCc2ccc(C(F)(F)F)cc2)n1. The summed E-state index contributed by atoms with van der Waals surface area (Å²) >= 11 is 0. The van der Waals surface area contributed by atoms with Crippen molar-refractivity contribution in [1.29, 1.82) is 0 Å². The van der Waals surface area contributed by atoms with Crippen LogP contribution in [0.4, 0.5) is 24.8 Å². The lowest BCUT2D eigenvalue weighted by atomic mass is 10.1. The minimum absolute atomic E-state index is 0.374. The van der Waals surface area contributed by atoms with Crippen LogP contribution in [0.5, 0.6) is 0 Å². The molecule has 7 heteroatoms. The van der Waals surface area contributed by atoms with Gasteiger partial charge in [-0.15, -0.1) is 0 Å². The Balaban J connectivity index is 2.00. The van der Waals surface area contributed by atoms with Crippen LogP contribution in [0, 0.1) is 0 Å². The number of nitrogens with two attached hydrogens (primary N) is 1. The van der Waals surface area contributed by atoms with E-state index < -0.39 is 11.7 Å². The van der Waals surface area contributed by atoms with Crippen molar-refractivity contribution in [3.63, 3.8) is 0 Å². The summed E-state index contributed by atoms with van der Waals surface area (Å²) < 4.78 is 37.2. The largest absolute Gasteiger partial charge is 0.416 e. The molecule has 1 aromatic heterocycles. The molecular formula is C13H13F3N4. The quantitative estimate of drug-likeness (QED) is 0.596. The molecule has 2 rings (SSSR count). The van der Waals surface area contributed by atoms with Gasteiger partial charge in [-0.3, -0.25) is 0 Å². The topological polar surface area (TPSA) is 63.0 Å². The van der Waals surface area contributed by atoms with Crippen LogP contribution in [0.15, 0.2) is 42.5 Å². The minimum Gasteiger partial charge on any atom is -0.366 e. The molecule has 1 aromatic carbocycles. The molecule has 0 unspecified atom stereocenters. The summed E-state index contributed by atoms with van der Waals surface area (Å²) in [7, 11) is 0. The van der Waals surface area contributed by atoms with E-state index >= 15 is 0 Å². The number of benzene rings is 1. The summed E-state index contributed by atoms with van der Waals surface area (Å²) in [6.07, 6.45) is -4.31. The zero-order chi connectivity index (χ0) is 14.6. The van der Waals surface area contributed by atoms with Gasteiger partial charge in [0.05, 0.1) is 5.56 Å². The number of pyridine rings is 1. The molecule has 0 atom stereocenters. The fourth-order valence-electron chi connectivity index (χ4n) is 1.62. The molecule has 0 saturated carbocycles. The van der Waals surface area contributed by atoms with Crippen LogP contribution < -0.4 is 16.6 Å². The first-order valence-electron chi connectivity index (χ1n) is 5.83. The van der Waals surface area contributed by atoms with Gasteiger partial charge in [0.25, 0.3) is 0 Å². The van der Waals surface area contributed by atoms with Gasteiger partial charge in [0, 0.05) is 6.54 Å². The van der Waals surface area contributed by atoms with E-state index in [4.69, 9.17) is 5.84 Å². The molecule has 4 nitrogen and oxygen atoms in total. The van der Waals surface area contributed by atoms with Crippen LogP contribution in [-0.2, 0) is 12.7 Å². The van der Waals surface area contributed by atoms with E-state index in [0.29, 0.717) is 18.2 Å². The second-order valence-corrected chi connectivity index (χ2v) is 4.10. The number of anilines is 2. The number of hydrogen-bond acceptors (Lipinski definition) is 4. The maximum Gasteiger partial charge on any atom is 0.416 e. The molecule has 0 bridgehead atoms. The number of hydrazine groups is 1. The molecule has 0 saturated heterocycles. The summed E-state index contributed by atoms with van der Waals surface area (Å²) in [5.74, 6) is 6.32. The molecular weight excluding hydrogens is 269 g/mol. The Kier molecular flexibility index (Phi) is 4.09. The maximum absolute atomic E-state index is 12.4. The van der Waals surface area contributed by atoms with E-state index in [1.165, 1.54) is 12.1 Å². The lowest BCUT2D eigenvalue weighted by Crippen LogP contribution is -2.10. The van der Waals surface area contributed by atoms with Crippen LogP contribution in [0.3, 0.4) is 0 Å². The van der Waals surface area contributed by atoms with E-state index in [1.54, 1.807) is 18.2 Å². The van der Waals surface area contributed by atoms with Gasteiger partial charge in [0.15, 0.2) is 0 Å². The Hall–Kier alpha value is -2.28. The lowest BCUT2D eigenvalue weighted by molar-refractivity contribution is -0.137. The van der Waals surface area contributed by atoms with Gasteiger partial charge in [-0.05, 0) is 29.8 Å². The maximum atomic E-state index is 12.4. The summed E-state index contributed by atoms with van der Waals surface area (Å²) in [4.78, 5) is 4.14. The van der Waals surface area contributed by atoms with E-state index in [-0.39, 0.29) is 0 Å². The molecule has 0 radical (unpaired) electrons. The molecule has 2 aromatic rings. The van der Waals surface area contributed by atoms with Gasteiger partial charge in [0.2, 0.25) is 0 Å². The third-order valence-electron chi connectivity index (χ3n) is 2.65. The monoisotopic (exact) mass is 282 g/mol. The lowest BCUT2D eigenvalue weighted by Gasteiger charge is -2.09. The van der Waals surface area contributed by atoms with E-state index in [0.717, 1.165) is 17.7 Å². The van der Waals surface area contributed by atoms with Crippen molar-refractivity contribution in [3.05, 3.63) is 53.6 Å². The smallest absolute Gasteiger partial charge is 0.366 e. The van der Waals surface area contributed by atoms with Gasteiger partial charge >= 0.3 is 6.18 Å². The van der Waals surface area contributed by atoms with E-state index in [9.17, 15) is 13.2 Å². The van der Waals surface area contributed by atoms with Gasteiger partial charge < -0.3 is 10.7 Å². The Bertz CT molecular complexity index is 567. The van der Waals surface area contributed by atoms with Gasteiger partial charge in [-0.2, -0.15) is 13.2 Å². The number of halogens is 3. The van der Waals surface area contributed by atoms with Crippen molar-refractivity contribution in [2.24, 2.45) is 5.84 Å². The predicted molar refractivity (Wildman–Crippen MR) is 70.8 cm³/mol. The number of hydrogen-bond donors (Lipinski definition) is 3. The van der Waals surface area contributed by atoms with Gasteiger partial charge in [-0.25, -0.2) is 10.8 Å². The summed E-state index contributed by atoms with van der Waals surface area (Å²) in [6, 6.07) is 10.2. The Morgan fingerprint density at radius 2 is 1.65 bits per heavy atom.